The number of rotatable bonds is 10. The summed E-state index contributed by atoms with van der Waals surface area (Å²) in [5, 5.41) is 6.20. The normalized spacial score (nSPS) is 10.7. The van der Waals surface area contributed by atoms with E-state index in [0.29, 0.717) is 19.5 Å². The topological polar surface area (TPSA) is 53.6 Å². The van der Waals surface area contributed by atoms with Crippen molar-refractivity contribution in [3.05, 3.63) is 29.8 Å². The maximum absolute atomic E-state index is 11.6. The number of benzene rings is 1. The third-order valence-corrected chi connectivity index (χ3v) is 3.14. The Hall–Kier alpha value is -1.59. The molecule has 0 aliphatic carbocycles. The first-order valence-corrected chi connectivity index (χ1v) is 7.37. The van der Waals surface area contributed by atoms with Gasteiger partial charge >= 0.3 is 0 Å². The number of amides is 1. The molecule has 1 aromatic rings. The molecule has 0 aromatic heterocycles. The van der Waals surface area contributed by atoms with Gasteiger partial charge in [0.15, 0.2) is 0 Å². The Morgan fingerprint density at radius 3 is 2.71 bits per heavy atom. The fourth-order valence-electron chi connectivity index (χ4n) is 1.99. The van der Waals surface area contributed by atoms with E-state index in [2.05, 4.69) is 15.5 Å². The summed E-state index contributed by atoms with van der Waals surface area (Å²) >= 11 is 0. The van der Waals surface area contributed by atoms with Crippen LogP contribution in [0.3, 0.4) is 0 Å². The molecular weight excluding hydrogens is 266 g/mol. The monoisotopic (exact) mass is 293 g/mol. The Balaban J connectivity index is 2.12. The molecule has 2 N–H and O–H groups in total. The van der Waals surface area contributed by atoms with Crippen molar-refractivity contribution in [3.8, 4) is 5.75 Å². The molecule has 1 aromatic carbocycles. The van der Waals surface area contributed by atoms with Crippen LogP contribution in [-0.2, 0) is 11.3 Å². The molecule has 0 bridgehead atoms. The maximum atomic E-state index is 11.6. The zero-order chi connectivity index (χ0) is 15.5. The second-order valence-electron chi connectivity index (χ2n) is 5.25. The number of nitrogens with zero attached hydrogens (tertiary/aromatic N) is 1. The summed E-state index contributed by atoms with van der Waals surface area (Å²) in [6, 6.07) is 7.89. The average Bonchev–Trinajstić information content (AvgIpc) is 2.48. The number of carbonyl (C=O) groups excluding carboxylic acids is 1. The zero-order valence-electron chi connectivity index (χ0n) is 13.3. The summed E-state index contributed by atoms with van der Waals surface area (Å²) in [5.41, 5.74) is 1.10. The lowest BCUT2D eigenvalue weighted by Gasteiger charge is -2.11. The molecule has 1 amide bonds. The Morgan fingerprint density at radius 1 is 1.24 bits per heavy atom. The minimum Gasteiger partial charge on any atom is -0.496 e. The van der Waals surface area contributed by atoms with Gasteiger partial charge in [0.25, 0.3) is 0 Å². The van der Waals surface area contributed by atoms with Crippen LogP contribution in [-0.4, -0.2) is 51.6 Å². The van der Waals surface area contributed by atoms with Gasteiger partial charge in [-0.2, -0.15) is 0 Å². The van der Waals surface area contributed by atoms with Crippen molar-refractivity contribution in [2.75, 3.05) is 40.8 Å². The number of para-hydroxylation sites is 1. The lowest BCUT2D eigenvalue weighted by Crippen LogP contribution is -2.29. The predicted octanol–water partition coefficient (Wildman–Crippen LogP) is 1.24. The lowest BCUT2D eigenvalue weighted by molar-refractivity contribution is -0.121. The number of hydrogen-bond donors (Lipinski definition) is 2. The molecule has 0 aliphatic rings. The highest BCUT2D eigenvalue weighted by molar-refractivity contribution is 5.75. The van der Waals surface area contributed by atoms with Crippen LogP contribution in [0, 0.1) is 0 Å². The second-order valence-corrected chi connectivity index (χ2v) is 5.25. The van der Waals surface area contributed by atoms with Gasteiger partial charge in [0.1, 0.15) is 5.75 Å². The van der Waals surface area contributed by atoms with Gasteiger partial charge in [-0.3, -0.25) is 4.79 Å². The fraction of sp³-hybridized carbons (Fsp3) is 0.562. The Bertz CT molecular complexity index is 422. The van der Waals surface area contributed by atoms with E-state index in [1.54, 1.807) is 7.11 Å². The molecule has 5 nitrogen and oxygen atoms in total. The summed E-state index contributed by atoms with van der Waals surface area (Å²) in [7, 11) is 5.73. The summed E-state index contributed by atoms with van der Waals surface area (Å²) in [6.45, 7) is 3.10. The quantitative estimate of drug-likeness (QED) is 0.637. The van der Waals surface area contributed by atoms with E-state index in [4.69, 9.17) is 4.74 Å². The molecule has 0 atom stereocenters. The van der Waals surface area contributed by atoms with Gasteiger partial charge in [0, 0.05) is 31.6 Å². The van der Waals surface area contributed by atoms with Gasteiger partial charge in [-0.1, -0.05) is 18.2 Å². The van der Waals surface area contributed by atoms with E-state index >= 15 is 0 Å². The molecule has 0 spiro atoms. The summed E-state index contributed by atoms with van der Waals surface area (Å²) in [5.74, 6) is 0.972. The van der Waals surface area contributed by atoms with Crippen molar-refractivity contribution in [2.24, 2.45) is 0 Å². The van der Waals surface area contributed by atoms with E-state index < -0.39 is 0 Å². The smallest absolute Gasteiger partial charge is 0.221 e. The van der Waals surface area contributed by atoms with Crippen LogP contribution >= 0.6 is 0 Å². The SMILES string of the molecule is COc1ccccc1CNCCC(=O)NCCCN(C)C. The first-order chi connectivity index (χ1) is 10.1. The molecule has 0 fully saturated rings. The third kappa shape index (κ3) is 7.68. The first-order valence-electron chi connectivity index (χ1n) is 7.37. The Kier molecular flexibility index (Phi) is 8.47. The minimum atomic E-state index is 0.0984. The van der Waals surface area contributed by atoms with Crippen molar-refractivity contribution >= 4 is 5.91 Å². The van der Waals surface area contributed by atoms with E-state index in [0.717, 1.165) is 30.8 Å². The molecule has 0 saturated heterocycles. The van der Waals surface area contributed by atoms with Crippen molar-refractivity contribution < 1.29 is 9.53 Å². The zero-order valence-corrected chi connectivity index (χ0v) is 13.3. The highest BCUT2D eigenvalue weighted by Gasteiger charge is 2.03. The molecule has 0 saturated carbocycles. The molecule has 118 valence electrons. The minimum absolute atomic E-state index is 0.0984. The van der Waals surface area contributed by atoms with Crippen LogP contribution in [0.1, 0.15) is 18.4 Å². The molecule has 0 aliphatic heterocycles. The molecule has 0 radical (unpaired) electrons. The number of carbonyl (C=O) groups is 1. The third-order valence-electron chi connectivity index (χ3n) is 3.14. The van der Waals surface area contributed by atoms with Crippen LogP contribution in [0.2, 0.25) is 0 Å². The highest BCUT2D eigenvalue weighted by Crippen LogP contribution is 2.16. The van der Waals surface area contributed by atoms with Gasteiger partial charge in [0.2, 0.25) is 5.91 Å². The Labute approximate surface area is 127 Å². The van der Waals surface area contributed by atoms with Gasteiger partial charge in [-0.25, -0.2) is 0 Å². The lowest BCUT2D eigenvalue weighted by atomic mass is 10.2. The van der Waals surface area contributed by atoms with Crippen molar-refractivity contribution in [2.45, 2.75) is 19.4 Å². The standard InChI is InChI=1S/C16H27N3O2/c1-19(2)12-6-10-18-16(20)9-11-17-13-14-7-4-5-8-15(14)21-3/h4-5,7-8,17H,6,9-13H2,1-3H3,(H,18,20). The van der Waals surface area contributed by atoms with E-state index in [9.17, 15) is 4.79 Å². The summed E-state index contributed by atoms with van der Waals surface area (Å²) in [4.78, 5) is 13.7. The van der Waals surface area contributed by atoms with Crippen molar-refractivity contribution in [3.63, 3.8) is 0 Å². The molecular formula is C16H27N3O2. The average molecular weight is 293 g/mol. The van der Waals surface area contributed by atoms with Gasteiger partial charge in [0.05, 0.1) is 7.11 Å². The van der Waals surface area contributed by atoms with Crippen LogP contribution in [0.5, 0.6) is 5.75 Å². The number of ether oxygens (including phenoxy) is 1. The largest absolute Gasteiger partial charge is 0.496 e. The molecule has 5 heteroatoms. The first kappa shape index (κ1) is 17.5. The van der Waals surface area contributed by atoms with Crippen molar-refractivity contribution in [1.82, 2.24) is 15.5 Å². The van der Waals surface area contributed by atoms with E-state index in [1.807, 2.05) is 38.4 Å². The van der Waals surface area contributed by atoms with E-state index in [-0.39, 0.29) is 5.91 Å². The predicted molar refractivity (Wildman–Crippen MR) is 85.5 cm³/mol. The van der Waals surface area contributed by atoms with Gasteiger partial charge in [-0.15, -0.1) is 0 Å². The highest BCUT2D eigenvalue weighted by atomic mass is 16.5. The maximum Gasteiger partial charge on any atom is 0.221 e. The molecule has 0 heterocycles. The fourth-order valence-corrected chi connectivity index (χ4v) is 1.99. The summed E-state index contributed by atoms with van der Waals surface area (Å²) < 4.78 is 5.28. The van der Waals surface area contributed by atoms with Crippen molar-refractivity contribution in [1.29, 1.82) is 0 Å². The van der Waals surface area contributed by atoms with Crippen LogP contribution < -0.4 is 15.4 Å². The molecule has 1 rings (SSSR count). The summed E-state index contributed by atoms with van der Waals surface area (Å²) in [6.07, 6.45) is 1.48. The number of methoxy groups -OCH3 is 1. The second kappa shape index (κ2) is 10.2. The molecule has 21 heavy (non-hydrogen) atoms. The molecule has 0 unspecified atom stereocenters. The Morgan fingerprint density at radius 2 is 2.00 bits per heavy atom. The number of nitrogens with one attached hydrogen (secondary N) is 2. The van der Waals surface area contributed by atoms with Gasteiger partial charge < -0.3 is 20.3 Å². The van der Waals surface area contributed by atoms with E-state index in [1.165, 1.54) is 0 Å². The van der Waals surface area contributed by atoms with Gasteiger partial charge in [-0.05, 0) is 33.1 Å². The van der Waals surface area contributed by atoms with Crippen LogP contribution in [0.4, 0.5) is 0 Å². The number of hydrogen-bond acceptors (Lipinski definition) is 4. The van der Waals surface area contributed by atoms with Crippen LogP contribution in [0.25, 0.3) is 0 Å². The van der Waals surface area contributed by atoms with Crippen LogP contribution in [0.15, 0.2) is 24.3 Å².